The first-order valence-corrected chi connectivity index (χ1v) is 9.82. The van der Waals surface area contributed by atoms with Crippen molar-refractivity contribution in [3.63, 3.8) is 0 Å². The zero-order valence-electron chi connectivity index (χ0n) is 17.7. The summed E-state index contributed by atoms with van der Waals surface area (Å²) in [5, 5.41) is 2.32. The Bertz CT molecular complexity index is 789. The number of quaternary nitrogens is 1. The van der Waals surface area contributed by atoms with Crippen molar-refractivity contribution >= 4 is 29.2 Å². The van der Waals surface area contributed by atoms with Crippen molar-refractivity contribution in [2.24, 2.45) is 10.9 Å². The lowest BCUT2D eigenvalue weighted by Crippen LogP contribution is -3.11. The van der Waals surface area contributed by atoms with Gasteiger partial charge in [0.2, 0.25) is 5.91 Å². The number of carbonyl (C=O) groups excluding carboxylic acids is 3. The molecule has 1 aliphatic heterocycles. The monoisotopic (exact) mass is 387 g/mol. The number of hydrogen-bond acceptors (Lipinski definition) is 4. The van der Waals surface area contributed by atoms with E-state index in [1.165, 1.54) is 4.90 Å². The Balaban J connectivity index is 2.31. The Labute approximate surface area is 166 Å². The number of benzene rings is 1. The fourth-order valence-electron chi connectivity index (χ4n) is 3.77. The van der Waals surface area contributed by atoms with Crippen molar-refractivity contribution in [3.8, 4) is 0 Å². The molecule has 0 bridgehead atoms. The standard InChI is InChI=1S/C21H30N4O3/c1-7-24(8-2)10-9-22-16(6)17-19(26)23-21(28)25(20(17)27)18-14(4)11-13(3)12-15(18)5/h11-12,17H,7-10H2,1-6H3,(H,23,26,28)/p+1. The van der Waals surface area contributed by atoms with Crippen LogP contribution in [0.25, 0.3) is 0 Å². The summed E-state index contributed by atoms with van der Waals surface area (Å²) in [5.74, 6) is -2.23. The summed E-state index contributed by atoms with van der Waals surface area (Å²) in [6.07, 6.45) is 0. The first kappa shape index (κ1) is 21.8. The second-order valence-electron chi connectivity index (χ2n) is 7.38. The van der Waals surface area contributed by atoms with Crippen LogP contribution in [0.3, 0.4) is 0 Å². The SMILES string of the molecule is CC[NH+](CC)CCN=C(C)C1C(=O)NC(=O)N(c2c(C)cc(C)cc2C)C1=O. The van der Waals surface area contributed by atoms with E-state index in [9.17, 15) is 14.4 Å². The van der Waals surface area contributed by atoms with Gasteiger partial charge in [0.25, 0.3) is 5.91 Å². The smallest absolute Gasteiger partial charge is 0.334 e. The van der Waals surface area contributed by atoms with Crippen LogP contribution in [-0.4, -0.2) is 49.7 Å². The molecule has 1 fully saturated rings. The lowest BCUT2D eigenvalue weighted by Gasteiger charge is -2.32. The zero-order chi connectivity index (χ0) is 21.0. The van der Waals surface area contributed by atoms with Gasteiger partial charge < -0.3 is 4.90 Å². The number of carbonyl (C=O) groups is 3. The summed E-state index contributed by atoms with van der Waals surface area (Å²) in [4.78, 5) is 45.0. The van der Waals surface area contributed by atoms with Crippen molar-refractivity contribution < 1.29 is 19.3 Å². The molecule has 1 aliphatic rings. The molecule has 1 heterocycles. The number of nitrogens with one attached hydrogen (secondary N) is 2. The van der Waals surface area contributed by atoms with Crippen LogP contribution in [0.4, 0.5) is 10.5 Å². The van der Waals surface area contributed by atoms with E-state index in [-0.39, 0.29) is 0 Å². The van der Waals surface area contributed by atoms with E-state index in [0.29, 0.717) is 17.9 Å². The van der Waals surface area contributed by atoms with Crippen LogP contribution in [-0.2, 0) is 9.59 Å². The molecule has 0 saturated carbocycles. The molecule has 28 heavy (non-hydrogen) atoms. The first-order chi connectivity index (χ1) is 13.2. The highest BCUT2D eigenvalue weighted by atomic mass is 16.2. The Morgan fingerprint density at radius 1 is 1.11 bits per heavy atom. The van der Waals surface area contributed by atoms with Gasteiger partial charge in [-0.2, -0.15) is 0 Å². The quantitative estimate of drug-likeness (QED) is 0.545. The van der Waals surface area contributed by atoms with Crippen LogP contribution in [0.15, 0.2) is 17.1 Å². The maximum atomic E-state index is 13.1. The van der Waals surface area contributed by atoms with Gasteiger partial charge in [0.05, 0.1) is 31.9 Å². The van der Waals surface area contributed by atoms with E-state index >= 15 is 0 Å². The highest BCUT2D eigenvalue weighted by Crippen LogP contribution is 2.29. The van der Waals surface area contributed by atoms with Crippen molar-refractivity contribution in [1.82, 2.24) is 5.32 Å². The van der Waals surface area contributed by atoms with E-state index < -0.39 is 23.8 Å². The van der Waals surface area contributed by atoms with Gasteiger partial charge in [-0.1, -0.05) is 17.7 Å². The number of anilines is 1. The predicted molar refractivity (Wildman–Crippen MR) is 110 cm³/mol. The molecule has 2 N–H and O–H groups in total. The van der Waals surface area contributed by atoms with Crippen LogP contribution < -0.4 is 15.1 Å². The molecule has 0 spiro atoms. The predicted octanol–water partition coefficient (Wildman–Crippen LogP) is 1.20. The van der Waals surface area contributed by atoms with Crippen LogP contribution in [0, 0.1) is 26.7 Å². The fraction of sp³-hybridized carbons (Fsp3) is 0.524. The number of aryl methyl sites for hydroxylation is 3. The van der Waals surface area contributed by atoms with Gasteiger partial charge in [0.1, 0.15) is 0 Å². The summed E-state index contributed by atoms with van der Waals surface area (Å²) in [6, 6.07) is 3.13. The number of rotatable bonds is 7. The second-order valence-corrected chi connectivity index (χ2v) is 7.38. The Morgan fingerprint density at radius 3 is 2.21 bits per heavy atom. The van der Waals surface area contributed by atoms with Crippen LogP contribution in [0.1, 0.15) is 37.5 Å². The van der Waals surface area contributed by atoms with E-state index in [1.807, 2.05) is 32.9 Å². The van der Waals surface area contributed by atoms with E-state index in [0.717, 1.165) is 41.2 Å². The maximum Gasteiger partial charge on any atom is 0.335 e. The van der Waals surface area contributed by atoms with E-state index in [2.05, 4.69) is 24.2 Å². The van der Waals surface area contributed by atoms with Crippen LogP contribution >= 0.6 is 0 Å². The van der Waals surface area contributed by atoms with Crippen LogP contribution in [0.5, 0.6) is 0 Å². The molecule has 1 saturated heterocycles. The number of hydrogen-bond donors (Lipinski definition) is 2. The summed E-state index contributed by atoms with van der Waals surface area (Å²) in [7, 11) is 0. The van der Waals surface area contributed by atoms with Gasteiger partial charge in [0, 0.05) is 5.71 Å². The van der Waals surface area contributed by atoms with Crippen molar-refractivity contribution in [2.75, 3.05) is 31.1 Å². The summed E-state index contributed by atoms with van der Waals surface area (Å²) in [5.41, 5.74) is 3.65. The normalized spacial score (nSPS) is 18.1. The number of aliphatic imine (C=N–C) groups is 1. The van der Waals surface area contributed by atoms with Gasteiger partial charge in [-0.15, -0.1) is 0 Å². The minimum atomic E-state index is -1.08. The third kappa shape index (κ3) is 4.47. The van der Waals surface area contributed by atoms with Gasteiger partial charge in [-0.3, -0.25) is 19.9 Å². The molecule has 2 rings (SSSR count). The molecule has 1 unspecified atom stereocenters. The van der Waals surface area contributed by atoms with Crippen molar-refractivity contribution in [1.29, 1.82) is 0 Å². The van der Waals surface area contributed by atoms with Gasteiger partial charge in [-0.25, -0.2) is 9.69 Å². The number of nitrogens with zero attached hydrogens (tertiary/aromatic N) is 2. The number of imide groups is 2. The average molecular weight is 388 g/mol. The third-order valence-electron chi connectivity index (χ3n) is 5.27. The van der Waals surface area contributed by atoms with Gasteiger partial charge in [-0.05, 0) is 52.7 Å². The van der Waals surface area contributed by atoms with Crippen molar-refractivity contribution in [2.45, 2.75) is 41.5 Å². The molecule has 7 nitrogen and oxygen atoms in total. The number of likely N-dealkylation sites (N-methyl/N-ethyl adjacent to an activating group) is 1. The number of barbiturate groups is 1. The van der Waals surface area contributed by atoms with Crippen LogP contribution in [0.2, 0.25) is 0 Å². The van der Waals surface area contributed by atoms with E-state index in [4.69, 9.17) is 0 Å². The molecule has 1 atom stereocenters. The Kier molecular flexibility index (Phi) is 7.07. The molecule has 0 aromatic heterocycles. The van der Waals surface area contributed by atoms with Crippen molar-refractivity contribution in [3.05, 3.63) is 28.8 Å². The van der Waals surface area contributed by atoms with Gasteiger partial charge >= 0.3 is 6.03 Å². The third-order valence-corrected chi connectivity index (χ3v) is 5.27. The Morgan fingerprint density at radius 2 is 1.68 bits per heavy atom. The zero-order valence-corrected chi connectivity index (χ0v) is 17.7. The molecule has 0 radical (unpaired) electrons. The minimum Gasteiger partial charge on any atom is -0.334 e. The molecule has 7 heteroatoms. The molecular weight excluding hydrogens is 356 g/mol. The lowest BCUT2D eigenvalue weighted by atomic mass is 9.97. The highest BCUT2D eigenvalue weighted by molar-refractivity contribution is 6.35. The molecule has 4 amide bonds. The lowest BCUT2D eigenvalue weighted by molar-refractivity contribution is -0.894. The molecule has 1 aromatic rings. The minimum absolute atomic E-state index is 0.439. The van der Waals surface area contributed by atoms with Gasteiger partial charge in [0.15, 0.2) is 5.92 Å². The maximum absolute atomic E-state index is 13.1. The molecule has 1 aromatic carbocycles. The number of amides is 4. The average Bonchev–Trinajstić information content (AvgIpc) is 2.60. The highest BCUT2D eigenvalue weighted by Gasteiger charge is 2.43. The largest absolute Gasteiger partial charge is 0.335 e. The summed E-state index contributed by atoms with van der Waals surface area (Å²) >= 11 is 0. The second kappa shape index (κ2) is 9.10. The first-order valence-electron chi connectivity index (χ1n) is 9.82. The molecular formula is C21H31N4O3+. The summed E-state index contributed by atoms with van der Waals surface area (Å²) in [6.45, 7) is 15.0. The Hall–Kier alpha value is -2.54. The number of urea groups is 1. The van der Waals surface area contributed by atoms with E-state index in [1.54, 1.807) is 6.92 Å². The molecule has 152 valence electrons. The summed E-state index contributed by atoms with van der Waals surface area (Å²) < 4.78 is 0. The molecule has 0 aliphatic carbocycles. The topological polar surface area (TPSA) is 83.3 Å². The fourth-order valence-corrected chi connectivity index (χ4v) is 3.77.